The molecule has 3 aromatic rings. The van der Waals surface area contributed by atoms with Gasteiger partial charge in [0.2, 0.25) is 6.20 Å². The summed E-state index contributed by atoms with van der Waals surface area (Å²) in [6.07, 6.45) is 17.3. The molecule has 0 atom stereocenters. The summed E-state index contributed by atoms with van der Waals surface area (Å²) >= 11 is 0. The van der Waals surface area contributed by atoms with Crippen LogP contribution in [-0.2, 0) is 7.05 Å². The molecule has 1 fully saturated rings. The van der Waals surface area contributed by atoms with Gasteiger partial charge in [0.1, 0.15) is 6.21 Å². The van der Waals surface area contributed by atoms with E-state index < -0.39 is 0 Å². The fourth-order valence-corrected chi connectivity index (χ4v) is 4.65. The Kier molecular flexibility index (Phi) is 4.91. The summed E-state index contributed by atoms with van der Waals surface area (Å²) < 4.78 is 5.49. The Labute approximate surface area is 186 Å². The van der Waals surface area contributed by atoms with Crippen LogP contribution in [-0.4, -0.2) is 36.5 Å². The van der Waals surface area contributed by atoms with Gasteiger partial charge in [0, 0.05) is 48.2 Å². The third-order valence-corrected chi connectivity index (χ3v) is 6.46. The van der Waals surface area contributed by atoms with Crippen LogP contribution in [0.5, 0.6) is 0 Å². The van der Waals surface area contributed by atoms with Crippen LogP contribution < -0.4 is 0 Å². The van der Waals surface area contributed by atoms with E-state index in [1.54, 1.807) is 10.9 Å². The summed E-state index contributed by atoms with van der Waals surface area (Å²) in [5.74, 6) is 0.0914. The van der Waals surface area contributed by atoms with Gasteiger partial charge in [-0.25, -0.2) is 4.52 Å². The molecule has 1 saturated carbocycles. The number of hydrazone groups is 1. The monoisotopic (exact) mass is 423 g/mol. The van der Waals surface area contributed by atoms with Gasteiger partial charge in [0.15, 0.2) is 6.21 Å². The van der Waals surface area contributed by atoms with Crippen molar-refractivity contribution >= 4 is 23.5 Å². The van der Waals surface area contributed by atoms with Crippen molar-refractivity contribution in [2.45, 2.75) is 32.1 Å². The molecule has 8 heteroatoms. The number of aromatic nitrogens is 4. The fourth-order valence-electron chi connectivity index (χ4n) is 4.65. The molecule has 158 valence electrons. The first-order valence-electron chi connectivity index (χ1n) is 10.7. The van der Waals surface area contributed by atoms with Crippen LogP contribution >= 0.6 is 0 Å². The van der Waals surface area contributed by atoms with Crippen molar-refractivity contribution in [3.63, 3.8) is 0 Å². The van der Waals surface area contributed by atoms with E-state index in [4.69, 9.17) is 0 Å². The molecule has 0 aromatic carbocycles. The van der Waals surface area contributed by atoms with Crippen molar-refractivity contribution in [1.29, 1.82) is 10.5 Å². The molecule has 5 rings (SSSR count). The average Bonchev–Trinajstić information content (AvgIpc) is 3.55. The third-order valence-electron chi connectivity index (χ3n) is 6.46. The van der Waals surface area contributed by atoms with Crippen molar-refractivity contribution in [2.75, 3.05) is 0 Å². The summed E-state index contributed by atoms with van der Waals surface area (Å²) in [5.41, 5.74) is 4.82. The Bertz CT molecular complexity index is 1350. The minimum atomic E-state index is -0.241. The maximum absolute atomic E-state index is 9.42. The van der Waals surface area contributed by atoms with Gasteiger partial charge in [-0.1, -0.05) is 4.68 Å². The van der Waals surface area contributed by atoms with E-state index in [9.17, 15) is 10.5 Å². The zero-order valence-corrected chi connectivity index (χ0v) is 17.9. The van der Waals surface area contributed by atoms with E-state index in [0.29, 0.717) is 6.42 Å². The third kappa shape index (κ3) is 3.61. The molecule has 32 heavy (non-hydrogen) atoms. The van der Waals surface area contributed by atoms with Crippen LogP contribution in [0.2, 0.25) is 0 Å². The first kappa shape index (κ1) is 19.9. The van der Waals surface area contributed by atoms with Gasteiger partial charge in [-0.05, 0) is 42.9 Å². The lowest BCUT2D eigenvalue weighted by atomic mass is 9.70. The molecule has 0 spiro atoms. The van der Waals surface area contributed by atoms with Gasteiger partial charge in [-0.3, -0.25) is 4.68 Å². The van der Waals surface area contributed by atoms with E-state index in [1.807, 2.05) is 53.3 Å². The summed E-state index contributed by atoms with van der Waals surface area (Å²) in [6, 6.07) is 8.85. The molecule has 0 radical (unpaired) electrons. The molecule has 0 unspecified atom stereocenters. The number of allylic oxidation sites excluding steroid dienone is 1. The van der Waals surface area contributed by atoms with Gasteiger partial charge in [0.25, 0.3) is 0 Å². The minimum Gasteiger partial charge on any atom is -0.275 e. The number of fused-ring (bicyclic) bond motifs is 1. The first-order valence-corrected chi connectivity index (χ1v) is 10.7. The molecule has 1 aliphatic heterocycles. The molecule has 4 heterocycles. The minimum absolute atomic E-state index is 0.0914. The lowest BCUT2D eigenvalue weighted by Gasteiger charge is -2.31. The van der Waals surface area contributed by atoms with E-state index in [0.717, 1.165) is 53.5 Å². The van der Waals surface area contributed by atoms with Gasteiger partial charge >= 0.3 is 0 Å². The zero-order valence-electron chi connectivity index (χ0n) is 17.9. The van der Waals surface area contributed by atoms with Gasteiger partial charge in [-0.15, -0.1) is 0 Å². The quantitative estimate of drug-likeness (QED) is 0.597. The van der Waals surface area contributed by atoms with Crippen LogP contribution in [0.4, 0.5) is 0 Å². The summed E-state index contributed by atoms with van der Waals surface area (Å²) in [4.78, 5) is 0. The Morgan fingerprint density at radius 3 is 2.78 bits per heavy atom. The topological polar surface area (TPSA) is 98.1 Å². The predicted octanol–water partition coefficient (Wildman–Crippen LogP) is 3.77. The predicted molar refractivity (Wildman–Crippen MR) is 120 cm³/mol. The molecule has 8 nitrogen and oxygen atoms in total. The molecular formula is C24H23N8+. The highest BCUT2D eigenvalue weighted by Crippen LogP contribution is 2.40. The van der Waals surface area contributed by atoms with Gasteiger partial charge in [-0.2, -0.15) is 20.7 Å². The second-order valence-electron chi connectivity index (χ2n) is 8.64. The zero-order chi connectivity index (χ0) is 22.1. The molecule has 0 bridgehead atoms. The Morgan fingerprint density at radius 1 is 1.22 bits per heavy atom. The highest BCUT2D eigenvalue weighted by molar-refractivity contribution is 6.13. The number of aryl methyl sites for hydroxylation is 1. The lowest BCUT2D eigenvalue weighted by Crippen LogP contribution is -2.30. The number of rotatable bonds is 4. The second kappa shape index (κ2) is 7.90. The van der Waals surface area contributed by atoms with Crippen molar-refractivity contribution in [3.05, 3.63) is 48.7 Å². The number of hydrogen-bond acceptors (Lipinski definition) is 5. The van der Waals surface area contributed by atoms with Crippen LogP contribution in [0, 0.1) is 34.0 Å². The molecule has 1 aliphatic carbocycles. The van der Waals surface area contributed by atoms with Crippen molar-refractivity contribution in [3.8, 4) is 23.3 Å². The standard InChI is InChI=1S/C24H23N8/c1-30-14-20(12-28-30)19-10-22(23-4-9-27-32(23)16-19)21-13-29-31(15-21)17-24(7-8-25)5-2-18(11-26)3-6-24/h4,9-10,12-18H,2-3,5-7H2,1H3/q+1/b31-17-. The largest absolute Gasteiger partial charge is 0.275 e. The Morgan fingerprint density at radius 2 is 2.06 bits per heavy atom. The van der Waals surface area contributed by atoms with Crippen LogP contribution in [0.25, 0.3) is 22.2 Å². The molecule has 2 aliphatic rings. The van der Waals surface area contributed by atoms with Crippen molar-refractivity contribution < 1.29 is 4.68 Å². The van der Waals surface area contributed by atoms with E-state index in [2.05, 4.69) is 39.7 Å². The molecule has 0 N–H and O–H groups in total. The molecule has 3 aromatic heterocycles. The Hall–Kier alpha value is -4.04. The highest BCUT2D eigenvalue weighted by atomic mass is 15.4. The number of nitriles is 2. The number of hydrogen-bond donors (Lipinski definition) is 0. The SMILES string of the molecule is Cn1cc(-c2cc(C3=C/[N+](=C/C4(CC#N)CCC(C#N)CC4)N=C3)c3ccnn3c2)cn1. The van der Waals surface area contributed by atoms with Crippen LogP contribution in [0.15, 0.2) is 48.2 Å². The smallest absolute Gasteiger partial charge is 0.211 e. The lowest BCUT2D eigenvalue weighted by molar-refractivity contribution is -0.456. The maximum atomic E-state index is 9.42. The van der Waals surface area contributed by atoms with Gasteiger partial charge in [0.05, 0.1) is 41.3 Å². The van der Waals surface area contributed by atoms with Crippen LogP contribution in [0.1, 0.15) is 37.7 Å². The molecule has 0 amide bonds. The summed E-state index contributed by atoms with van der Waals surface area (Å²) in [7, 11) is 1.90. The van der Waals surface area contributed by atoms with E-state index in [1.165, 1.54) is 0 Å². The second-order valence-corrected chi connectivity index (χ2v) is 8.64. The number of nitrogens with zero attached hydrogens (tertiary/aromatic N) is 8. The Balaban J connectivity index is 1.52. The number of pyridine rings is 1. The first-order chi connectivity index (χ1) is 15.6. The summed E-state index contributed by atoms with van der Waals surface area (Å²) in [6.45, 7) is 0. The van der Waals surface area contributed by atoms with Crippen molar-refractivity contribution in [2.24, 2.45) is 23.5 Å². The molecule has 0 saturated heterocycles. The average molecular weight is 424 g/mol. The summed E-state index contributed by atoms with van der Waals surface area (Å²) in [5, 5.41) is 32.0. The van der Waals surface area contributed by atoms with E-state index >= 15 is 0 Å². The fraction of sp³-hybridized carbons (Fsp3) is 0.333. The van der Waals surface area contributed by atoms with Crippen molar-refractivity contribution in [1.82, 2.24) is 19.4 Å². The van der Waals surface area contributed by atoms with Gasteiger partial charge < -0.3 is 0 Å². The highest BCUT2D eigenvalue weighted by Gasteiger charge is 2.38. The maximum Gasteiger partial charge on any atom is 0.211 e. The normalized spacial score (nSPS) is 23.9. The van der Waals surface area contributed by atoms with E-state index in [-0.39, 0.29) is 11.3 Å². The molecular weight excluding hydrogens is 400 g/mol. The van der Waals surface area contributed by atoms with Crippen LogP contribution in [0.3, 0.4) is 0 Å².